The molecule has 2 aromatic heterocycles. The lowest BCUT2D eigenvalue weighted by molar-refractivity contribution is 0.767. The fourth-order valence-corrected chi connectivity index (χ4v) is 1.67. The van der Waals surface area contributed by atoms with Crippen molar-refractivity contribution in [3.8, 4) is 0 Å². The number of aromatic nitrogens is 3. The third-order valence-electron chi connectivity index (χ3n) is 2.52. The summed E-state index contributed by atoms with van der Waals surface area (Å²) in [5.74, 6) is 0. The summed E-state index contributed by atoms with van der Waals surface area (Å²) < 4.78 is 1.80. The van der Waals surface area contributed by atoms with Crippen molar-refractivity contribution < 1.29 is 0 Å². The first-order valence-corrected chi connectivity index (χ1v) is 5.49. The molecule has 5 nitrogen and oxygen atoms in total. The summed E-state index contributed by atoms with van der Waals surface area (Å²) in [5.41, 5.74) is 3.31. The van der Waals surface area contributed by atoms with Gasteiger partial charge in [-0.25, -0.2) is 0 Å². The van der Waals surface area contributed by atoms with Crippen LogP contribution in [0.5, 0.6) is 0 Å². The van der Waals surface area contributed by atoms with Crippen LogP contribution >= 0.6 is 0 Å². The molecule has 0 saturated heterocycles. The summed E-state index contributed by atoms with van der Waals surface area (Å²) in [5, 5.41) is 7.50. The van der Waals surface area contributed by atoms with Crippen LogP contribution in [0.3, 0.4) is 0 Å². The fourth-order valence-electron chi connectivity index (χ4n) is 1.67. The van der Waals surface area contributed by atoms with E-state index >= 15 is 0 Å². The highest BCUT2D eigenvalue weighted by Crippen LogP contribution is 2.22. The van der Waals surface area contributed by atoms with E-state index in [2.05, 4.69) is 20.3 Å². The van der Waals surface area contributed by atoms with Crippen LogP contribution in [0.15, 0.2) is 30.9 Å². The lowest BCUT2D eigenvalue weighted by atomic mass is 10.3. The SMILES string of the molecule is CN(C)c1ccncc1NCc1cnn(C)c1. The van der Waals surface area contributed by atoms with Crippen molar-refractivity contribution >= 4 is 11.4 Å². The quantitative estimate of drug-likeness (QED) is 0.866. The molecule has 1 N–H and O–H groups in total. The lowest BCUT2D eigenvalue weighted by Crippen LogP contribution is -2.12. The van der Waals surface area contributed by atoms with Crippen molar-refractivity contribution in [3.63, 3.8) is 0 Å². The molecular formula is C12H17N5. The molecule has 2 heterocycles. The second kappa shape index (κ2) is 4.86. The summed E-state index contributed by atoms with van der Waals surface area (Å²) in [7, 11) is 5.95. The van der Waals surface area contributed by atoms with Crippen LogP contribution in [0.2, 0.25) is 0 Å². The van der Waals surface area contributed by atoms with Crippen LogP contribution in [0.25, 0.3) is 0 Å². The minimum absolute atomic E-state index is 0.750. The Morgan fingerprint density at radius 2 is 2.18 bits per heavy atom. The summed E-state index contributed by atoms with van der Waals surface area (Å²) >= 11 is 0. The van der Waals surface area contributed by atoms with Crippen LogP contribution in [-0.2, 0) is 13.6 Å². The van der Waals surface area contributed by atoms with Crippen molar-refractivity contribution in [2.24, 2.45) is 7.05 Å². The van der Waals surface area contributed by atoms with Crippen LogP contribution in [0, 0.1) is 0 Å². The maximum absolute atomic E-state index is 4.14. The lowest BCUT2D eigenvalue weighted by Gasteiger charge is -2.17. The highest BCUT2D eigenvalue weighted by Gasteiger charge is 2.04. The number of rotatable bonds is 4. The zero-order valence-electron chi connectivity index (χ0n) is 10.4. The zero-order chi connectivity index (χ0) is 12.3. The molecule has 17 heavy (non-hydrogen) atoms. The Kier molecular flexibility index (Phi) is 3.27. The monoisotopic (exact) mass is 231 g/mol. The molecule has 0 aromatic carbocycles. The first-order valence-electron chi connectivity index (χ1n) is 5.49. The Labute approximate surface area is 101 Å². The van der Waals surface area contributed by atoms with Crippen LogP contribution in [0.4, 0.5) is 11.4 Å². The largest absolute Gasteiger partial charge is 0.378 e. The molecule has 0 bridgehead atoms. The second-order valence-electron chi connectivity index (χ2n) is 4.16. The molecule has 0 radical (unpaired) electrons. The van der Waals surface area contributed by atoms with Crippen LogP contribution < -0.4 is 10.2 Å². The maximum atomic E-state index is 4.14. The van der Waals surface area contributed by atoms with Gasteiger partial charge >= 0.3 is 0 Å². The molecule has 0 unspecified atom stereocenters. The van der Waals surface area contributed by atoms with Gasteiger partial charge in [-0.05, 0) is 6.07 Å². The Morgan fingerprint density at radius 1 is 1.35 bits per heavy atom. The minimum atomic E-state index is 0.750. The average Bonchev–Trinajstić information content (AvgIpc) is 2.73. The number of pyridine rings is 1. The van der Waals surface area contributed by atoms with E-state index in [0.29, 0.717) is 0 Å². The normalized spacial score (nSPS) is 10.3. The number of anilines is 2. The first-order chi connectivity index (χ1) is 8.16. The molecular weight excluding hydrogens is 214 g/mol. The first kappa shape index (κ1) is 11.4. The fraction of sp³-hybridized carbons (Fsp3) is 0.333. The van der Waals surface area contributed by atoms with E-state index in [0.717, 1.165) is 23.5 Å². The molecule has 0 amide bonds. The van der Waals surface area contributed by atoms with E-state index in [1.165, 1.54) is 0 Å². The number of hydrogen-bond donors (Lipinski definition) is 1. The van der Waals surface area contributed by atoms with Gasteiger partial charge in [0.05, 0.1) is 23.8 Å². The van der Waals surface area contributed by atoms with Crippen molar-refractivity contribution in [1.29, 1.82) is 0 Å². The zero-order valence-corrected chi connectivity index (χ0v) is 10.4. The van der Waals surface area contributed by atoms with E-state index in [-0.39, 0.29) is 0 Å². The van der Waals surface area contributed by atoms with Gasteiger partial charge in [0.25, 0.3) is 0 Å². The third kappa shape index (κ3) is 2.75. The average molecular weight is 231 g/mol. The minimum Gasteiger partial charge on any atom is -0.378 e. The number of aryl methyl sites for hydroxylation is 1. The summed E-state index contributed by atoms with van der Waals surface area (Å²) in [6.07, 6.45) is 7.49. The molecule has 2 rings (SSSR count). The van der Waals surface area contributed by atoms with Crippen molar-refractivity contribution in [2.75, 3.05) is 24.3 Å². The number of nitrogens with zero attached hydrogens (tertiary/aromatic N) is 4. The van der Waals surface area contributed by atoms with Gasteiger partial charge in [0, 0.05) is 45.6 Å². The van der Waals surface area contributed by atoms with Crippen molar-refractivity contribution in [2.45, 2.75) is 6.54 Å². The summed E-state index contributed by atoms with van der Waals surface area (Å²) in [6.45, 7) is 0.750. The third-order valence-corrected chi connectivity index (χ3v) is 2.52. The highest BCUT2D eigenvalue weighted by atomic mass is 15.2. The van der Waals surface area contributed by atoms with Gasteiger partial charge in [-0.15, -0.1) is 0 Å². The van der Waals surface area contributed by atoms with E-state index in [9.17, 15) is 0 Å². The molecule has 0 spiro atoms. The molecule has 0 saturated carbocycles. The predicted octanol–water partition coefficient (Wildman–Crippen LogP) is 1.49. The number of nitrogens with one attached hydrogen (secondary N) is 1. The molecule has 90 valence electrons. The topological polar surface area (TPSA) is 46.0 Å². The second-order valence-corrected chi connectivity index (χ2v) is 4.16. The molecule has 0 atom stereocenters. The molecule has 0 aliphatic rings. The Balaban J connectivity index is 2.08. The van der Waals surface area contributed by atoms with Crippen LogP contribution in [-0.4, -0.2) is 28.9 Å². The van der Waals surface area contributed by atoms with Gasteiger partial charge in [0.2, 0.25) is 0 Å². The smallest absolute Gasteiger partial charge is 0.0766 e. The number of hydrogen-bond acceptors (Lipinski definition) is 4. The van der Waals surface area contributed by atoms with E-state index in [1.807, 2.05) is 45.8 Å². The predicted molar refractivity (Wildman–Crippen MR) is 69.1 cm³/mol. The molecule has 0 fully saturated rings. The van der Waals surface area contributed by atoms with Gasteiger partial charge in [-0.3, -0.25) is 9.67 Å². The Hall–Kier alpha value is -2.04. The maximum Gasteiger partial charge on any atom is 0.0766 e. The molecule has 0 aliphatic heterocycles. The highest BCUT2D eigenvalue weighted by molar-refractivity contribution is 5.68. The molecule has 2 aromatic rings. The Bertz CT molecular complexity index is 489. The van der Waals surface area contributed by atoms with Crippen molar-refractivity contribution in [1.82, 2.24) is 14.8 Å². The molecule has 5 heteroatoms. The van der Waals surface area contributed by atoms with E-state index < -0.39 is 0 Å². The van der Waals surface area contributed by atoms with Gasteiger partial charge in [-0.1, -0.05) is 0 Å². The molecule has 0 aliphatic carbocycles. The van der Waals surface area contributed by atoms with Gasteiger partial charge in [-0.2, -0.15) is 5.10 Å². The van der Waals surface area contributed by atoms with Crippen LogP contribution in [0.1, 0.15) is 5.56 Å². The standard InChI is InChI=1S/C12H17N5/c1-16(2)12-4-5-13-8-11(12)14-6-10-7-15-17(3)9-10/h4-5,7-9,14H,6H2,1-3H3. The van der Waals surface area contributed by atoms with Gasteiger partial charge in [0.15, 0.2) is 0 Å². The van der Waals surface area contributed by atoms with Crippen molar-refractivity contribution in [3.05, 3.63) is 36.4 Å². The van der Waals surface area contributed by atoms with Gasteiger partial charge in [0.1, 0.15) is 0 Å². The van der Waals surface area contributed by atoms with Gasteiger partial charge < -0.3 is 10.2 Å². The van der Waals surface area contributed by atoms with E-state index in [1.54, 1.807) is 10.9 Å². The summed E-state index contributed by atoms with van der Waals surface area (Å²) in [4.78, 5) is 6.20. The summed E-state index contributed by atoms with van der Waals surface area (Å²) in [6, 6.07) is 1.99. The van der Waals surface area contributed by atoms with E-state index in [4.69, 9.17) is 0 Å². The Morgan fingerprint density at radius 3 is 2.82 bits per heavy atom.